The van der Waals surface area contributed by atoms with Crippen LogP contribution in [0.2, 0.25) is 0 Å². The van der Waals surface area contributed by atoms with Crippen LogP contribution in [0.4, 0.5) is 0 Å². The lowest BCUT2D eigenvalue weighted by Gasteiger charge is -2.26. The largest absolute Gasteiger partial charge is 0.393 e. The highest BCUT2D eigenvalue weighted by Crippen LogP contribution is 2.09. The van der Waals surface area contributed by atoms with Crippen molar-refractivity contribution in [3.63, 3.8) is 0 Å². The number of thioether (sulfide) groups is 1. The zero-order valence-electron chi connectivity index (χ0n) is 9.29. The molecule has 13 heavy (non-hydrogen) atoms. The highest BCUT2D eigenvalue weighted by Gasteiger charge is 2.11. The molecule has 0 aliphatic rings. The van der Waals surface area contributed by atoms with Gasteiger partial charge in [-0.2, -0.15) is 11.8 Å². The van der Waals surface area contributed by atoms with Crippen molar-refractivity contribution in [3.8, 4) is 0 Å². The van der Waals surface area contributed by atoms with E-state index in [0.29, 0.717) is 6.04 Å². The van der Waals surface area contributed by atoms with Gasteiger partial charge in [0, 0.05) is 18.3 Å². The first kappa shape index (κ1) is 13.3. The minimum atomic E-state index is -0.172. The zero-order valence-corrected chi connectivity index (χ0v) is 10.1. The van der Waals surface area contributed by atoms with Gasteiger partial charge in [-0.15, -0.1) is 0 Å². The third kappa shape index (κ3) is 6.36. The average Bonchev–Trinajstić information content (AvgIpc) is 2.10. The van der Waals surface area contributed by atoms with Crippen LogP contribution in [0.5, 0.6) is 0 Å². The Kier molecular flexibility index (Phi) is 7.81. The monoisotopic (exact) mass is 205 g/mol. The molecule has 0 aromatic carbocycles. The van der Waals surface area contributed by atoms with Crippen molar-refractivity contribution in [3.05, 3.63) is 0 Å². The Morgan fingerprint density at radius 3 is 2.46 bits per heavy atom. The second-order valence-electron chi connectivity index (χ2n) is 3.64. The van der Waals surface area contributed by atoms with Crippen LogP contribution >= 0.6 is 11.8 Å². The zero-order chi connectivity index (χ0) is 10.3. The summed E-state index contributed by atoms with van der Waals surface area (Å²) in [5.41, 5.74) is 0. The molecule has 2 nitrogen and oxygen atoms in total. The molecule has 0 saturated heterocycles. The van der Waals surface area contributed by atoms with E-state index >= 15 is 0 Å². The van der Waals surface area contributed by atoms with E-state index < -0.39 is 0 Å². The number of hydrogen-bond acceptors (Lipinski definition) is 3. The summed E-state index contributed by atoms with van der Waals surface area (Å²) < 4.78 is 0. The van der Waals surface area contributed by atoms with E-state index in [0.717, 1.165) is 13.0 Å². The molecule has 0 fully saturated rings. The SMILES string of the molecule is CCC(CSC)N(C)CCC(C)O. The molecule has 0 aliphatic heterocycles. The van der Waals surface area contributed by atoms with Crippen molar-refractivity contribution in [2.75, 3.05) is 25.6 Å². The first-order valence-corrected chi connectivity index (χ1v) is 6.38. The molecule has 2 atom stereocenters. The maximum absolute atomic E-state index is 9.15. The van der Waals surface area contributed by atoms with E-state index in [-0.39, 0.29) is 6.10 Å². The minimum Gasteiger partial charge on any atom is -0.393 e. The summed E-state index contributed by atoms with van der Waals surface area (Å²) in [5, 5.41) is 9.15. The molecule has 80 valence electrons. The smallest absolute Gasteiger partial charge is 0.0524 e. The molecule has 0 spiro atoms. The van der Waals surface area contributed by atoms with Crippen LogP contribution < -0.4 is 0 Å². The van der Waals surface area contributed by atoms with Crippen LogP contribution in [0.1, 0.15) is 26.7 Å². The minimum absolute atomic E-state index is 0.172. The van der Waals surface area contributed by atoms with Gasteiger partial charge in [-0.05, 0) is 33.1 Å². The Balaban J connectivity index is 3.69. The van der Waals surface area contributed by atoms with E-state index in [9.17, 15) is 0 Å². The number of rotatable bonds is 7. The van der Waals surface area contributed by atoms with Crippen LogP contribution in [0.15, 0.2) is 0 Å². The summed E-state index contributed by atoms with van der Waals surface area (Å²) in [7, 11) is 2.15. The predicted molar refractivity (Wildman–Crippen MR) is 61.4 cm³/mol. The summed E-state index contributed by atoms with van der Waals surface area (Å²) in [4.78, 5) is 2.35. The van der Waals surface area contributed by atoms with Gasteiger partial charge in [0.1, 0.15) is 0 Å². The van der Waals surface area contributed by atoms with Gasteiger partial charge in [0.05, 0.1) is 6.10 Å². The van der Waals surface area contributed by atoms with Gasteiger partial charge in [-0.25, -0.2) is 0 Å². The Labute approximate surface area is 86.7 Å². The van der Waals surface area contributed by atoms with E-state index in [1.807, 2.05) is 18.7 Å². The van der Waals surface area contributed by atoms with Crippen LogP contribution in [0, 0.1) is 0 Å². The average molecular weight is 205 g/mol. The van der Waals surface area contributed by atoms with Crippen LogP contribution in [0.25, 0.3) is 0 Å². The normalized spacial score (nSPS) is 16.2. The Bertz CT molecular complexity index is 119. The maximum Gasteiger partial charge on any atom is 0.0524 e. The second kappa shape index (κ2) is 7.65. The molecule has 2 unspecified atom stereocenters. The highest BCUT2D eigenvalue weighted by molar-refractivity contribution is 7.98. The Morgan fingerprint density at radius 2 is 2.08 bits per heavy atom. The third-order valence-corrected chi connectivity index (χ3v) is 3.07. The summed E-state index contributed by atoms with van der Waals surface area (Å²) in [5.74, 6) is 1.19. The van der Waals surface area contributed by atoms with Crippen molar-refractivity contribution >= 4 is 11.8 Å². The fourth-order valence-corrected chi connectivity index (χ4v) is 2.20. The van der Waals surface area contributed by atoms with Crippen molar-refractivity contribution in [2.45, 2.75) is 38.8 Å². The van der Waals surface area contributed by atoms with Crippen molar-refractivity contribution in [1.82, 2.24) is 4.90 Å². The quantitative estimate of drug-likeness (QED) is 0.686. The van der Waals surface area contributed by atoms with Crippen LogP contribution in [-0.2, 0) is 0 Å². The predicted octanol–water partition coefficient (Wildman–Crippen LogP) is 1.83. The second-order valence-corrected chi connectivity index (χ2v) is 4.55. The van der Waals surface area contributed by atoms with Gasteiger partial charge in [0.2, 0.25) is 0 Å². The lowest BCUT2D eigenvalue weighted by Crippen LogP contribution is -2.35. The molecule has 3 heteroatoms. The molecule has 0 radical (unpaired) electrons. The third-order valence-electron chi connectivity index (χ3n) is 2.35. The molecular weight excluding hydrogens is 182 g/mol. The molecule has 0 bridgehead atoms. The van der Waals surface area contributed by atoms with E-state index in [2.05, 4.69) is 25.1 Å². The van der Waals surface area contributed by atoms with Gasteiger partial charge in [-0.1, -0.05) is 6.92 Å². The summed E-state index contributed by atoms with van der Waals surface area (Å²) in [6.45, 7) is 5.07. The number of hydrogen-bond donors (Lipinski definition) is 1. The van der Waals surface area contributed by atoms with Crippen molar-refractivity contribution < 1.29 is 5.11 Å². The summed E-state index contributed by atoms with van der Waals surface area (Å²) in [6.07, 6.45) is 4.04. The van der Waals surface area contributed by atoms with Gasteiger partial charge in [-0.3, -0.25) is 0 Å². The fraction of sp³-hybridized carbons (Fsp3) is 1.00. The Hall–Kier alpha value is 0.270. The lowest BCUT2D eigenvalue weighted by atomic mass is 10.2. The first-order chi connectivity index (χ1) is 6.11. The fourth-order valence-electron chi connectivity index (χ4n) is 1.32. The molecule has 0 rings (SSSR count). The van der Waals surface area contributed by atoms with Gasteiger partial charge >= 0.3 is 0 Å². The molecular formula is C10H23NOS. The topological polar surface area (TPSA) is 23.5 Å². The Morgan fingerprint density at radius 1 is 1.46 bits per heavy atom. The lowest BCUT2D eigenvalue weighted by molar-refractivity contribution is 0.152. The molecule has 0 aromatic rings. The van der Waals surface area contributed by atoms with Crippen molar-refractivity contribution in [2.24, 2.45) is 0 Å². The standard InChI is InChI=1S/C10H23NOS/c1-5-10(8-13-4)11(3)7-6-9(2)12/h9-10,12H,5-8H2,1-4H3. The molecule has 0 saturated carbocycles. The van der Waals surface area contributed by atoms with Gasteiger partial charge in [0.25, 0.3) is 0 Å². The number of aliphatic hydroxyl groups is 1. The first-order valence-electron chi connectivity index (χ1n) is 4.99. The van der Waals surface area contributed by atoms with E-state index in [1.165, 1.54) is 12.2 Å². The number of aliphatic hydroxyl groups excluding tert-OH is 1. The maximum atomic E-state index is 9.15. The van der Waals surface area contributed by atoms with E-state index in [4.69, 9.17) is 5.11 Å². The highest BCUT2D eigenvalue weighted by atomic mass is 32.2. The molecule has 0 heterocycles. The molecule has 0 aliphatic carbocycles. The van der Waals surface area contributed by atoms with Crippen LogP contribution in [0.3, 0.4) is 0 Å². The summed E-state index contributed by atoms with van der Waals surface area (Å²) in [6, 6.07) is 0.661. The molecule has 1 N–H and O–H groups in total. The summed E-state index contributed by atoms with van der Waals surface area (Å²) >= 11 is 1.89. The van der Waals surface area contributed by atoms with Crippen LogP contribution in [-0.4, -0.2) is 47.8 Å². The van der Waals surface area contributed by atoms with Crippen molar-refractivity contribution in [1.29, 1.82) is 0 Å². The van der Waals surface area contributed by atoms with Gasteiger partial charge in [0.15, 0.2) is 0 Å². The molecule has 0 aromatic heterocycles. The van der Waals surface area contributed by atoms with Gasteiger partial charge < -0.3 is 10.0 Å². The molecule has 0 amide bonds. The number of nitrogens with zero attached hydrogens (tertiary/aromatic N) is 1. The van der Waals surface area contributed by atoms with E-state index in [1.54, 1.807) is 0 Å².